The van der Waals surface area contributed by atoms with Crippen LogP contribution in [-0.4, -0.2) is 50.8 Å². The molecule has 0 spiro atoms. The van der Waals surface area contributed by atoms with Gasteiger partial charge in [0.05, 0.1) is 5.69 Å². The van der Waals surface area contributed by atoms with Gasteiger partial charge in [-0.1, -0.05) is 30.4 Å². The summed E-state index contributed by atoms with van der Waals surface area (Å²) in [5.41, 5.74) is 0.722. The van der Waals surface area contributed by atoms with Crippen LogP contribution in [0.15, 0.2) is 47.3 Å². The van der Waals surface area contributed by atoms with Crippen molar-refractivity contribution in [2.24, 2.45) is 13.0 Å². The molecule has 2 aliphatic rings. The van der Waals surface area contributed by atoms with E-state index in [0.29, 0.717) is 5.92 Å². The van der Waals surface area contributed by atoms with E-state index in [1.165, 1.54) is 4.68 Å². The van der Waals surface area contributed by atoms with Gasteiger partial charge in [0.2, 0.25) is 5.91 Å². The molecule has 1 aromatic carbocycles. The molecule has 0 aliphatic carbocycles. The fraction of sp³-hybridized carbons (Fsp3) is 0.450. The van der Waals surface area contributed by atoms with Crippen molar-refractivity contribution < 1.29 is 4.79 Å². The van der Waals surface area contributed by atoms with Gasteiger partial charge in [-0.2, -0.15) is 5.10 Å². The molecular weight excluding hydrogens is 342 g/mol. The van der Waals surface area contributed by atoms with Gasteiger partial charge in [-0.25, -0.2) is 14.0 Å². The summed E-state index contributed by atoms with van der Waals surface area (Å²) in [7, 11) is 1.69. The van der Waals surface area contributed by atoms with E-state index in [1.807, 2.05) is 47.4 Å². The van der Waals surface area contributed by atoms with Crippen molar-refractivity contribution in [3.63, 3.8) is 0 Å². The summed E-state index contributed by atoms with van der Waals surface area (Å²) in [5.74, 6) is 1.38. The van der Waals surface area contributed by atoms with E-state index >= 15 is 0 Å². The number of aryl methyl sites for hydroxylation is 1. The highest BCUT2D eigenvalue weighted by atomic mass is 16.2. The molecule has 7 heteroatoms. The van der Waals surface area contributed by atoms with Crippen LogP contribution in [-0.2, 0) is 18.3 Å². The molecule has 0 bridgehead atoms. The zero-order valence-corrected chi connectivity index (χ0v) is 15.5. The Hall–Kier alpha value is -2.67. The molecule has 2 aliphatic heterocycles. The van der Waals surface area contributed by atoms with Crippen LogP contribution in [0.1, 0.15) is 18.7 Å². The Morgan fingerprint density at radius 2 is 1.96 bits per heavy atom. The first-order valence-electron chi connectivity index (χ1n) is 9.52. The van der Waals surface area contributed by atoms with E-state index in [1.54, 1.807) is 11.6 Å². The molecule has 1 saturated heterocycles. The molecule has 142 valence electrons. The summed E-state index contributed by atoms with van der Waals surface area (Å²) < 4.78 is 3.10. The number of aromatic nitrogens is 3. The zero-order valence-electron chi connectivity index (χ0n) is 15.5. The van der Waals surface area contributed by atoms with Gasteiger partial charge in [0.1, 0.15) is 11.9 Å². The Morgan fingerprint density at radius 3 is 2.63 bits per heavy atom. The van der Waals surface area contributed by atoms with Crippen LogP contribution in [0.4, 0.5) is 0 Å². The van der Waals surface area contributed by atoms with Crippen LogP contribution in [0.5, 0.6) is 0 Å². The Kier molecular flexibility index (Phi) is 4.94. The van der Waals surface area contributed by atoms with Crippen LogP contribution in [0.2, 0.25) is 0 Å². The van der Waals surface area contributed by atoms with Gasteiger partial charge >= 0.3 is 5.69 Å². The van der Waals surface area contributed by atoms with Gasteiger partial charge in [0.25, 0.3) is 0 Å². The molecule has 27 heavy (non-hydrogen) atoms. The molecule has 0 saturated carbocycles. The Balaban J connectivity index is 1.44. The first-order chi connectivity index (χ1) is 13.1. The van der Waals surface area contributed by atoms with Crippen molar-refractivity contribution in [1.29, 1.82) is 0 Å². The van der Waals surface area contributed by atoms with E-state index < -0.39 is 0 Å². The van der Waals surface area contributed by atoms with Crippen molar-refractivity contribution in [1.82, 2.24) is 24.6 Å². The van der Waals surface area contributed by atoms with Crippen molar-refractivity contribution in [2.45, 2.75) is 25.3 Å². The lowest BCUT2D eigenvalue weighted by molar-refractivity contribution is -0.133. The Labute approximate surface area is 158 Å². The second-order valence-corrected chi connectivity index (χ2v) is 7.28. The molecule has 1 amide bonds. The molecule has 1 atom stereocenters. The summed E-state index contributed by atoms with van der Waals surface area (Å²) in [6.45, 7) is 2.29. The maximum Gasteiger partial charge on any atom is 0.350 e. The quantitative estimate of drug-likeness (QED) is 0.815. The second kappa shape index (κ2) is 7.52. The summed E-state index contributed by atoms with van der Waals surface area (Å²) >= 11 is 0. The maximum absolute atomic E-state index is 12.5. The summed E-state index contributed by atoms with van der Waals surface area (Å²) in [5, 5.41) is 7.65. The van der Waals surface area contributed by atoms with Crippen molar-refractivity contribution in [2.75, 3.05) is 19.6 Å². The summed E-state index contributed by atoms with van der Waals surface area (Å²) in [6, 6.07) is 9.47. The lowest BCUT2D eigenvalue weighted by Gasteiger charge is -2.33. The van der Waals surface area contributed by atoms with Gasteiger partial charge in [0.15, 0.2) is 0 Å². The standard InChI is InChI=1S/C20H25N5O2/c1-23-20(27)25(16-6-3-2-4-7-16)18(22-23)14-15-9-12-24(13-10-15)19(26)17-8-5-11-21-17/h2-8,15,17,21H,9-14H2,1H3/t17-/m1/s1. The molecular formula is C20H25N5O2. The number of carbonyl (C=O) groups is 1. The minimum absolute atomic E-state index is 0.122. The predicted molar refractivity (Wildman–Crippen MR) is 103 cm³/mol. The largest absolute Gasteiger partial charge is 0.350 e. The number of rotatable bonds is 4. The third kappa shape index (κ3) is 3.60. The van der Waals surface area contributed by atoms with E-state index in [2.05, 4.69) is 10.4 Å². The normalized spacial score (nSPS) is 20.3. The number of piperidine rings is 1. The first kappa shape index (κ1) is 17.7. The minimum atomic E-state index is -0.166. The van der Waals surface area contributed by atoms with Crippen LogP contribution in [0.25, 0.3) is 5.69 Å². The Morgan fingerprint density at radius 1 is 1.22 bits per heavy atom. The number of hydrogen-bond donors (Lipinski definition) is 1. The molecule has 0 unspecified atom stereocenters. The molecule has 1 aromatic heterocycles. The third-order valence-corrected chi connectivity index (χ3v) is 5.45. The van der Waals surface area contributed by atoms with Gasteiger partial charge in [-0.15, -0.1) is 0 Å². The highest BCUT2D eigenvalue weighted by Crippen LogP contribution is 2.22. The van der Waals surface area contributed by atoms with Crippen LogP contribution >= 0.6 is 0 Å². The van der Waals surface area contributed by atoms with Crippen LogP contribution in [0, 0.1) is 5.92 Å². The SMILES string of the molecule is Cn1nc(CC2CCN(C(=O)[C@H]3C=CCN3)CC2)n(-c2ccccc2)c1=O. The smallest absolute Gasteiger partial charge is 0.341 e. The van der Waals surface area contributed by atoms with E-state index in [4.69, 9.17) is 0 Å². The number of hydrogen-bond acceptors (Lipinski definition) is 4. The fourth-order valence-corrected chi connectivity index (χ4v) is 3.93. The van der Waals surface area contributed by atoms with E-state index in [9.17, 15) is 9.59 Å². The zero-order chi connectivity index (χ0) is 18.8. The summed E-state index contributed by atoms with van der Waals surface area (Å²) in [4.78, 5) is 27.0. The van der Waals surface area contributed by atoms with Crippen molar-refractivity contribution in [3.05, 3.63) is 58.8 Å². The average molecular weight is 367 g/mol. The second-order valence-electron chi connectivity index (χ2n) is 7.28. The van der Waals surface area contributed by atoms with Crippen LogP contribution < -0.4 is 11.0 Å². The van der Waals surface area contributed by atoms with Crippen molar-refractivity contribution in [3.8, 4) is 5.69 Å². The fourth-order valence-electron chi connectivity index (χ4n) is 3.93. The monoisotopic (exact) mass is 367 g/mol. The van der Waals surface area contributed by atoms with E-state index in [-0.39, 0.29) is 17.6 Å². The van der Waals surface area contributed by atoms with E-state index in [0.717, 1.165) is 50.4 Å². The number of para-hydroxylation sites is 1. The number of nitrogens with zero attached hydrogens (tertiary/aromatic N) is 4. The molecule has 1 fully saturated rings. The maximum atomic E-state index is 12.5. The molecule has 0 radical (unpaired) electrons. The predicted octanol–water partition coefficient (Wildman–Crippen LogP) is 0.880. The number of benzene rings is 1. The molecule has 2 aromatic rings. The average Bonchev–Trinajstić information content (AvgIpc) is 3.32. The Bertz CT molecular complexity index is 891. The number of nitrogens with one attached hydrogen (secondary N) is 1. The first-order valence-corrected chi connectivity index (χ1v) is 9.52. The van der Waals surface area contributed by atoms with Gasteiger partial charge in [0, 0.05) is 33.1 Å². The highest BCUT2D eigenvalue weighted by Gasteiger charge is 2.29. The lowest BCUT2D eigenvalue weighted by atomic mass is 9.93. The lowest BCUT2D eigenvalue weighted by Crippen LogP contribution is -2.47. The number of amides is 1. The highest BCUT2D eigenvalue weighted by molar-refractivity contribution is 5.84. The molecule has 1 N–H and O–H groups in total. The number of carbonyl (C=O) groups excluding carboxylic acids is 1. The van der Waals surface area contributed by atoms with Gasteiger partial charge < -0.3 is 4.90 Å². The molecule has 3 heterocycles. The summed E-state index contributed by atoms with van der Waals surface area (Å²) in [6.07, 6.45) is 6.55. The molecule has 4 rings (SSSR count). The van der Waals surface area contributed by atoms with Crippen molar-refractivity contribution >= 4 is 5.91 Å². The van der Waals surface area contributed by atoms with Gasteiger partial charge in [-0.05, 0) is 30.9 Å². The van der Waals surface area contributed by atoms with Crippen LogP contribution in [0.3, 0.4) is 0 Å². The minimum Gasteiger partial charge on any atom is -0.341 e. The van der Waals surface area contributed by atoms with Gasteiger partial charge in [-0.3, -0.25) is 10.1 Å². The number of likely N-dealkylation sites (tertiary alicyclic amines) is 1. The molecule has 7 nitrogen and oxygen atoms in total. The third-order valence-electron chi connectivity index (χ3n) is 5.45. The topological polar surface area (TPSA) is 72.2 Å².